The second-order valence-corrected chi connectivity index (χ2v) is 3.37. The van der Waals surface area contributed by atoms with Crippen molar-refractivity contribution >= 4 is 0 Å². The van der Waals surface area contributed by atoms with Gasteiger partial charge in [-0.2, -0.15) is 0 Å². The molecule has 1 aromatic rings. The van der Waals surface area contributed by atoms with Gasteiger partial charge in [0.25, 0.3) is 0 Å². The molecule has 0 unspecified atom stereocenters. The summed E-state index contributed by atoms with van der Waals surface area (Å²) in [5.41, 5.74) is 0.802. The lowest BCUT2D eigenvalue weighted by atomic mass is 10.2. The Labute approximate surface area is 84.9 Å². The molecule has 1 aliphatic heterocycles. The number of benzene rings is 1. The van der Waals surface area contributed by atoms with E-state index >= 15 is 0 Å². The van der Waals surface area contributed by atoms with Gasteiger partial charge in [0.15, 0.2) is 11.5 Å². The van der Waals surface area contributed by atoms with Gasteiger partial charge in [-0.1, -0.05) is 6.07 Å². The summed E-state index contributed by atoms with van der Waals surface area (Å²) in [7, 11) is 0. The van der Waals surface area contributed by atoms with Crippen LogP contribution in [0.5, 0.6) is 11.5 Å². The molecule has 6 nitrogen and oxygen atoms in total. The molecular weight excluding hydrogens is 204 g/mol. The van der Waals surface area contributed by atoms with Crippen molar-refractivity contribution in [2.24, 2.45) is 0 Å². The normalized spacial score (nSPS) is 21.1. The molecule has 0 aliphatic carbocycles. The largest absolute Gasteiger partial charge is 0.428 e. The number of ether oxygens (including phenoxy) is 2. The van der Waals surface area contributed by atoms with Gasteiger partial charge in [0, 0.05) is 0 Å². The number of hydrogen-bond acceptors (Lipinski definition) is 6. The van der Waals surface area contributed by atoms with Crippen molar-refractivity contribution in [2.45, 2.75) is 18.9 Å². The summed E-state index contributed by atoms with van der Waals surface area (Å²) >= 11 is 0. The Morgan fingerprint density at radius 3 is 2.07 bits per heavy atom. The zero-order chi connectivity index (χ0) is 11.3. The highest BCUT2D eigenvalue weighted by Crippen LogP contribution is 2.39. The Balaban J connectivity index is 2.47. The first-order valence-corrected chi connectivity index (χ1v) is 4.20. The molecule has 0 atom stereocenters. The molecule has 0 saturated carbocycles. The Hall–Kier alpha value is -1.34. The van der Waals surface area contributed by atoms with E-state index in [1.54, 1.807) is 13.0 Å². The number of rotatable bonds is 0. The Morgan fingerprint density at radius 2 is 1.47 bits per heavy atom. The molecule has 0 aromatic heterocycles. The highest BCUT2D eigenvalue weighted by Gasteiger charge is 2.57. The maximum atomic E-state index is 9.15. The van der Waals surface area contributed by atoms with Crippen LogP contribution in [0.15, 0.2) is 18.2 Å². The molecule has 0 fully saturated rings. The average Bonchev–Trinajstić information content (AvgIpc) is 2.07. The Bertz CT molecular complexity index is 398. The van der Waals surface area contributed by atoms with Crippen molar-refractivity contribution in [1.82, 2.24) is 0 Å². The van der Waals surface area contributed by atoms with Gasteiger partial charge >= 0.3 is 11.9 Å². The molecule has 2 rings (SSSR count). The fraction of sp³-hybridized carbons (Fsp3) is 0.333. The van der Waals surface area contributed by atoms with Crippen LogP contribution in [-0.4, -0.2) is 32.4 Å². The number of aliphatic hydroxyl groups is 4. The third-order valence-corrected chi connectivity index (χ3v) is 2.03. The van der Waals surface area contributed by atoms with Crippen LogP contribution in [-0.2, 0) is 0 Å². The monoisotopic (exact) mass is 214 g/mol. The van der Waals surface area contributed by atoms with Gasteiger partial charge in [-0.3, -0.25) is 0 Å². The van der Waals surface area contributed by atoms with Crippen LogP contribution in [0.3, 0.4) is 0 Å². The minimum Gasteiger partial charge on any atom is -0.428 e. The SMILES string of the molecule is Cc1ccc2c(c1)OC(O)(O)C(O)(O)O2. The van der Waals surface area contributed by atoms with Gasteiger partial charge in [0.1, 0.15) is 0 Å². The van der Waals surface area contributed by atoms with E-state index in [4.69, 9.17) is 20.4 Å². The lowest BCUT2D eigenvalue weighted by molar-refractivity contribution is -0.500. The summed E-state index contributed by atoms with van der Waals surface area (Å²) < 4.78 is 9.18. The molecule has 6 heteroatoms. The van der Waals surface area contributed by atoms with Crippen molar-refractivity contribution in [1.29, 1.82) is 0 Å². The van der Waals surface area contributed by atoms with Crippen LogP contribution in [0.1, 0.15) is 5.56 Å². The summed E-state index contributed by atoms with van der Waals surface area (Å²) in [6, 6.07) is 4.56. The topological polar surface area (TPSA) is 99.4 Å². The molecule has 1 heterocycles. The predicted octanol–water partition coefficient (Wildman–Crippen LogP) is -0.957. The second-order valence-electron chi connectivity index (χ2n) is 3.37. The molecule has 0 radical (unpaired) electrons. The van der Waals surface area contributed by atoms with Gasteiger partial charge in [-0.25, -0.2) is 0 Å². The van der Waals surface area contributed by atoms with E-state index in [9.17, 15) is 0 Å². The smallest absolute Gasteiger partial charge is 0.422 e. The van der Waals surface area contributed by atoms with E-state index in [-0.39, 0.29) is 11.5 Å². The minimum atomic E-state index is -3.20. The van der Waals surface area contributed by atoms with E-state index < -0.39 is 11.9 Å². The van der Waals surface area contributed by atoms with Crippen LogP contribution in [0, 0.1) is 6.92 Å². The lowest BCUT2D eigenvalue weighted by Gasteiger charge is -2.37. The van der Waals surface area contributed by atoms with Crippen LogP contribution < -0.4 is 9.47 Å². The van der Waals surface area contributed by atoms with E-state index in [1.807, 2.05) is 0 Å². The van der Waals surface area contributed by atoms with E-state index in [0.717, 1.165) is 5.56 Å². The summed E-state index contributed by atoms with van der Waals surface area (Å²) in [6.45, 7) is 1.76. The van der Waals surface area contributed by atoms with E-state index in [2.05, 4.69) is 9.47 Å². The highest BCUT2D eigenvalue weighted by molar-refractivity contribution is 5.44. The van der Waals surface area contributed by atoms with Crippen molar-refractivity contribution in [3.63, 3.8) is 0 Å². The summed E-state index contributed by atoms with van der Waals surface area (Å²) in [5, 5.41) is 36.5. The van der Waals surface area contributed by atoms with Gasteiger partial charge in [-0.05, 0) is 24.6 Å². The lowest BCUT2D eigenvalue weighted by Crippen LogP contribution is -2.63. The zero-order valence-electron chi connectivity index (χ0n) is 7.84. The molecule has 0 saturated heterocycles. The van der Waals surface area contributed by atoms with E-state index in [0.29, 0.717) is 0 Å². The quantitative estimate of drug-likeness (QED) is 0.415. The molecule has 82 valence electrons. The van der Waals surface area contributed by atoms with Gasteiger partial charge in [0.05, 0.1) is 0 Å². The van der Waals surface area contributed by atoms with Crippen molar-refractivity contribution in [2.75, 3.05) is 0 Å². The van der Waals surface area contributed by atoms with Gasteiger partial charge in [0.2, 0.25) is 0 Å². The molecule has 4 N–H and O–H groups in total. The number of aryl methyl sites for hydroxylation is 1. The first-order chi connectivity index (χ1) is 6.82. The van der Waals surface area contributed by atoms with Crippen molar-refractivity contribution in [3.05, 3.63) is 23.8 Å². The first-order valence-electron chi connectivity index (χ1n) is 4.20. The number of fused-ring (bicyclic) bond motifs is 1. The minimum absolute atomic E-state index is 0.0179. The average molecular weight is 214 g/mol. The van der Waals surface area contributed by atoms with Crippen molar-refractivity contribution in [3.8, 4) is 11.5 Å². The van der Waals surface area contributed by atoms with Crippen LogP contribution in [0.25, 0.3) is 0 Å². The molecule has 0 spiro atoms. The Kier molecular flexibility index (Phi) is 1.92. The third kappa shape index (κ3) is 1.53. The molecule has 0 bridgehead atoms. The second kappa shape index (κ2) is 2.83. The standard InChI is InChI=1S/C9H10O6/c1-5-2-3-6-7(4-5)15-9(12,13)8(10,11)14-6/h2-4,10-13H,1H3. The summed E-state index contributed by atoms with van der Waals surface area (Å²) in [4.78, 5) is 0. The Morgan fingerprint density at radius 1 is 0.933 bits per heavy atom. The number of hydrogen-bond donors (Lipinski definition) is 4. The summed E-state index contributed by atoms with van der Waals surface area (Å²) in [5.74, 6) is -6.36. The maximum absolute atomic E-state index is 9.15. The summed E-state index contributed by atoms with van der Waals surface area (Å²) in [6.07, 6.45) is 0. The maximum Gasteiger partial charge on any atom is 0.422 e. The van der Waals surface area contributed by atoms with Gasteiger partial charge < -0.3 is 29.9 Å². The van der Waals surface area contributed by atoms with Crippen LogP contribution >= 0.6 is 0 Å². The predicted molar refractivity (Wildman–Crippen MR) is 46.8 cm³/mol. The van der Waals surface area contributed by atoms with Crippen LogP contribution in [0.4, 0.5) is 0 Å². The first kappa shape index (κ1) is 10.2. The van der Waals surface area contributed by atoms with E-state index in [1.165, 1.54) is 12.1 Å². The molecular formula is C9H10O6. The third-order valence-electron chi connectivity index (χ3n) is 2.03. The van der Waals surface area contributed by atoms with Crippen LogP contribution in [0.2, 0.25) is 0 Å². The molecule has 1 aliphatic rings. The van der Waals surface area contributed by atoms with Gasteiger partial charge in [-0.15, -0.1) is 0 Å². The fourth-order valence-electron chi connectivity index (χ4n) is 1.22. The zero-order valence-corrected chi connectivity index (χ0v) is 7.84. The molecule has 1 aromatic carbocycles. The fourth-order valence-corrected chi connectivity index (χ4v) is 1.22. The van der Waals surface area contributed by atoms with Crippen molar-refractivity contribution < 1.29 is 29.9 Å². The highest BCUT2D eigenvalue weighted by atomic mass is 16.9. The molecule has 15 heavy (non-hydrogen) atoms. The molecule has 0 amide bonds.